The molecule has 638 valence electrons. The molecule has 0 spiro atoms. The number of anilines is 13. The van der Waals surface area contributed by atoms with Gasteiger partial charge in [-0.05, 0) is 199 Å². The third kappa shape index (κ3) is 13.1. The molecule has 22 nitrogen and oxygen atoms in total. The Kier molecular flexibility index (Phi) is 17.0. The predicted molar refractivity (Wildman–Crippen MR) is 519 cm³/mol. The molecule has 0 N–H and O–H groups in total. The van der Waals surface area contributed by atoms with E-state index in [1.807, 2.05) is 208 Å². The summed E-state index contributed by atoms with van der Waals surface area (Å²) in [4.78, 5) is 50.4. The summed E-state index contributed by atoms with van der Waals surface area (Å²) in [5.41, 5.74) is 19.3. The van der Waals surface area contributed by atoms with E-state index >= 15 is 0 Å². The fourth-order valence-electron chi connectivity index (χ4n) is 19.1. The van der Waals surface area contributed by atoms with Gasteiger partial charge in [0.15, 0.2) is 62.8 Å². The molecule has 5 aliphatic heterocycles. The molecule has 0 saturated heterocycles. The third-order valence-electron chi connectivity index (χ3n) is 25.1. The standard InChI is InChI=1S/C23H23N3O.2C22H22N4O.C21H19N3O.C17H17N3O/c1-14(2)25-16(4)26(19-9-7-13-24-23(19)25)21-15(3)11-12-18-17-8-5-6-10-20(17)27-22(18)21;2*1-13(2)25-15(4)26(22-21(25)23-11-12-24-22)19-14(3)9-10-17-16-7-5-6-8-18(16)27-20(17)19;1-13-10-11-16-15-7-4-5-9-18(15)25-20(16)19(13)24-14(2)23(3)21-17(24)8-6-12-22-21;1-11-6-7-13-14-5-4-8-18-17(14)21-16(13)15(11)20-10-9-19(3)12(20)2/h5-14,16H,1-4H3;2*5-13,15H,1-4H3;4-12,14H,1-3H3;4-10,12H,1-3H3/i1D3,14D;1D3,13D;13D;3D3;. The molecule has 0 aliphatic carbocycles. The minimum Gasteiger partial charge on any atom is -0.454 e. The van der Waals surface area contributed by atoms with Gasteiger partial charge in [0.05, 0.1) is 43.9 Å². The Balaban J connectivity index is 0.000000107. The van der Waals surface area contributed by atoms with Gasteiger partial charge in [-0.3, -0.25) is 9.80 Å². The van der Waals surface area contributed by atoms with Crippen LogP contribution in [0.3, 0.4) is 0 Å². The zero-order valence-electron chi connectivity index (χ0n) is 85.2. The molecule has 0 radical (unpaired) electrons. The van der Waals surface area contributed by atoms with Crippen molar-refractivity contribution in [1.29, 1.82) is 0 Å². The first-order chi connectivity index (χ1) is 66.2. The summed E-state index contributed by atoms with van der Waals surface area (Å²) in [7, 11) is 2.08. The molecule has 7 unspecified atom stereocenters. The largest absolute Gasteiger partial charge is 0.454 e. The van der Waals surface area contributed by atoms with Crippen LogP contribution in [-0.4, -0.2) is 103 Å². The lowest BCUT2D eigenvalue weighted by molar-refractivity contribution is 0.383. The van der Waals surface area contributed by atoms with E-state index in [2.05, 4.69) is 157 Å². The maximum absolute atomic E-state index is 8.77. The molecule has 9 aromatic carbocycles. The maximum atomic E-state index is 8.77. The molecule has 19 aromatic rings. The van der Waals surface area contributed by atoms with E-state index in [1.165, 1.54) is 35.4 Å². The van der Waals surface area contributed by atoms with Crippen LogP contribution in [0.25, 0.3) is 110 Å². The number of nitrogens with zero attached hydrogens (tertiary/aromatic N) is 17. The number of hydrogen-bond donors (Lipinski definition) is 0. The molecule has 127 heavy (non-hydrogen) atoms. The second kappa shape index (κ2) is 31.8. The van der Waals surface area contributed by atoms with Gasteiger partial charge in [-0.2, -0.15) is 0 Å². The van der Waals surface area contributed by atoms with Crippen molar-refractivity contribution in [3.63, 3.8) is 0 Å². The van der Waals surface area contributed by atoms with Gasteiger partial charge in [-0.25, -0.2) is 34.9 Å². The van der Waals surface area contributed by atoms with Gasteiger partial charge in [0, 0.05) is 154 Å². The van der Waals surface area contributed by atoms with E-state index in [0.29, 0.717) is 34.6 Å². The van der Waals surface area contributed by atoms with Gasteiger partial charge in [-0.15, -0.1) is 0 Å². The van der Waals surface area contributed by atoms with Crippen LogP contribution in [0.4, 0.5) is 74.7 Å². The minimum absolute atomic E-state index is 0.123. The Morgan fingerprint density at radius 1 is 0.299 bits per heavy atom. The quantitative estimate of drug-likeness (QED) is 0.140. The zero-order valence-corrected chi connectivity index (χ0v) is 73.2. The number of rotatable bonds is 8. The van der Waals surface area contributed by atoms with Gasteiger partial charge < -0.3 is 61.3 Å². The average Bonchev–Trinajstić information content (AvgIpc) is 1.58. The summed E-state index contributed by atoms with van der Waals surface area (Å²) in [6.45, 7) is 19.3. The highest BCUT2D eigenvalue weighted by Gasteiger charge is 2.44. The van der Waals surface area contributed by atoms with Crippen molar-refractivity contribution >= 4 is 185 Å². The van der Waals surface area contributed by atoms with E-state index < -0.39 is 57.2 Å². The molecule has 15 heterocycles. The molecule has 5 aliphatic rings. The second-order valence-corrected chi connectivity index (χ2v) is 33.1. The Bertz CT molecular complexity index is 7690. The molecule has 0 amide bonds. The zero-order chi connectivity index (χ0) is 98.1. The molecule has 0 saturated carbocycles. The van der Waals surface area contributed by atoms with Crippen molar-refractivity contribution in [1.82, 2.24) is 39.8 Å². The van der Waals surface area contributed by atoms with Crippen LogP contribution in [0.5, 0.6) is 0 Å². The van der Waals surface area contributed by atoms with Crippen LogP contribution in [-0.2, 0) is 0 Å². The number of benzene rings is 9. The van der Waals surface area contributed by atoms with E-state index in [9.17, 15) is 0 Å². The number of aryl methyl sites for hydroxylation is 5. The maximum Gasteiger partial charge on any atom is 0.227 e. The fraction of sp³-hybridized carbons (Fsp3) is 0.248. The van der Waals surface area contributed by atoms with Crippen molar-refractivity contribution in [2.24, 2.45) is 0 Å². The van der Waals surface area contributed by atoms with E-state index in [1.54, 1.807) is 42.1 Å². The minimum atomic E-state index is -2.55. The summed E-state index contributed by atoms with van der Waals surface area (Å²) in [5.74, 6) is 3.30. The van der Waals surface area contributed by atoms with Crippen molar-refractivity contribution in [2.45, 2.75) is 160 Å². The number of fused-ring (bicyclic) bond motifs is 19. The fourth-order valence-corrected chi connectivity index (χ4v) is 19.1. The molecule has 0 bridgehead atoms. The Morgan fingerprint density at radius 3 is 1.05 bits per heavy atom. The molecular weight excluding hydrogens is 1580 g/mol. The Hall–Kier alpha value is -14.7. The molecule has 24 rings (SSSR count). The average molecular weight is 1700 g/mol. The number of pyridine rings is 3. The van der Waals surface area contributed by atoms with Gasteiger partial charge in [0.1, 0.15) is 53.2 Å². The second-order valence-electron chi connectivity index (χ2n) is 33.1. The SMILES string of the molecule is Cc1ccc2c(oc3ncccc32)c1N1C=CN(C)C1C.[2H]C(C)(C)N1c2nccnc2N(c2c(C)ccc3c2oc2ccccc23)C1C.[2H]C([2H])([2H])C([2H])(C)N1c2ncccc2N(c2c(C)ccc3c2oc2ccccc23)C1C.[2H]C([2H])([2H])C([2H])(C)N1c2nccnc2N(c2c(C)ccc3c2oc2ccccc23)C1C.[2H]C([2H])([2H])N1c2ncccc2N(c2c(C)ccc3c2oc2ccccc23)C1C. The highest BCUT2D eigenvalue weighted by Crippen LogP contribution is 2.54. The highest BCUT2D eigenvalue weighted by atomic mass is 16.4. The summed E-state index contributed by atoms with van der Waals surface area (Å²) >= 11 is 0. The number of aromatic nitrogens is 7. The van der Waals surface area contributed by atoms with Crippen LogP contribution in [0.2, 0.25) is 0 Å². The topological polar surface area (TPSA) is 188 Å². The van der Waals surface area contributed by atoms with Crippen molar-refractivity contribution in [2.75, 3.05) is 58.1 Å². The number of hydrogen-bond acceptors (Lipinski definition) is 22. The molecular formula is C105H103N17O5. The predicted octanol–water partition coefficient (Wildman–Crippen LogP) is 25.9. The van der Waals surface area contributed by atoms with Crippen LogP contribution < -0.4 is 44.1 Å². The summed E-state index contributed by atoms with van der Waals surface area (Å²) in [5, 5.41) is 10.4. The highest BCUT2D eigenvalue weighted by molar-refractivity contribution is 6.15. The summed E-state index contributed by atoms with van der Waals surface area (Å²) in [6.07, 6.45) is 14.4. The normalized spacial score (nSPS) is 19.7. The van der Waals surface area contributed by atoms with Gasteiger partial charge >= 0.3 is 0 Å². The lowest BCUT2D eigenvalue weighted by Gasteiger charge is -2.33. The smallest absolute Gasteiger partial charge is 0.227 e. The van der Waals surface area contributed by atoms with Gasteiger partial charge in [0.25, 0.3) is 0 Å². The molecule has 0 fully saturated rings. The monoisotopic (exact) mass is 1690 g/mol. The van der Waals surface area contributed by atoms with Crippen molar-refractivity contribution < 1.29 is 38.5 Å². The Morgan fingerprint density at radius 2 is 0.630 bits per heavy atom. The lowest BCUT2D eigenvalue weighted by atomic mass is 10.1. The first kappa shape index (κ1) is 67.8. The van der Waals surface area contributed by atoms with E-state index in [-0.39, 0.29) is 12.3 Å². The first-order valence-corrected chi connectivity index (χ1v) is 42.6. The van der Waals surface area contributed by atoms with Crippen LogP contribution in [0.15, 0.2) is 272 Å². The van der Waals surface area contributed by atoms with Gasteiger partial charge in [-0.1, -0.05) is 133 Å². The lowest BCUT2D eigenvalue weighted by Crippen LogP contribution is -2.42. The molecule has 22 heteroatoms. The van der Waals surface area contributed by atoms with Gasteiger partial charge in [0.2, 0.25) is 5.71 Å². The number of para-hydroxylation sites is 4. The third-order valence-corrected chi connectivity index (χ3v) is 25.1. The molecule has 7 atom stereocenters. The van der Waals surface area contributed by atoms with E-state index in [4.69, 9.17) is 38.5 Å². The van der Waals surface area contributed by atoms with E-state index in [0.717, 1.165) is 172 Å². The summed E-state index contributed by atoms with van der Waals surface area (Å²) in [6, 6.07) is 59.4. The number of furan rings is 5. The van der Waals surface area contributed by atoms with Crippen LogP contribution in [0, 0.1) is 34.6 Å². The summed E-state index contributed by atoms with van der Waals surface area (Å²) < 4.78 is 129. The van der Waals surface area contributed by atoms with Crippen LogP contribution >= 0.6 is 0 Å². The van der Waals surface area contributed by atoms with Crippen molar-refractivity contribution in [3.05, 3.63) is 278 Å². The first-order valence-electron chi connectivity index (χ1n) is 48.6. The molecule has 10 aromatic heterocycles. The van der Waals surface area contributed by atoms with Crippen LogP contribution in [0.1, 0.15) is 120 Å². The Labute approximate surface area is 754 Å². The van der Waals surface area contributed by atoms with Crippen molar-refractivity contribution in [3.8, 4) is 0 Å².